The van der Waals surface area contributed by atoms with Gasteiger partial charge in [-0.1, -0.05) is 19.3 Å². The van der Waals surface area contributed by atoms with Gasteiger partial charge in [0.05, 0.1) is 11.2 Å². The predicted molar refractivity (Wildman–Crippen MR) is 79.3 cm³/mol. The molecule has 5 heteroatoms. The molecule has 0 saturated heterocycles. The van der Waals surface area contributed by atoms with Crippen molar-refractivity contribution >= 4 is 7.60 Å². The first-order chi connectivity index (χ1) is 8.37. The zero-order valence-corrected chi connectivity index (χ0v) is 14.2. The Labute approximate surface area is 118 Å². The van der Waals surface area contributed by atoms with Gasteiger partial charge in [0.15, 0.2) is 0 Å². The Morgan fingerprint density at radius 1 is 0.895 bits per heavy atom. The predicted octanol–water partition coefficient (Wildman–Crippen LogP) is 4.43. The fourth-order valence-electron chi connectivity index (χ4n) is 2.36. The van der Waals surface area contributed by atoms with Crippen LogP contribution in [0.3, 0.4) is 0 Å². The van der Waals surface area contributed by atoms with Gasteiger partial charge < -0.3 is 14.8 Å². The van der Waals surface area contributed by atoms with Gasteiger partial charge in [0.2, 0.25) is 0 Å². The van der Waals surface area contributed by atoms with Crippen molar-refractivity contribution in [2.75, 3.05) is 0 Å². The minimum Gasteiger partial charge on any atom is -0.315 e. The Morgan fingerprint density at radius 3 is 1.58 bits per heavy atom. The van der Waals surface area contributed by atoms with E-state index in [0.717, 1.165) is 19.3 Å². The van der Waals surface area contributed by atoms with Crippen molar-refractivity contribution in [3.8, 4) is 0 Å². The lowest BCUT2D eigenvalue weighted by Crippen LogP contribution is -2.45. The first-order valence-corrected chi connectivity index (χ1v) is 8.72. The van der Waals surface area contributed by atoms with Crippen molar-refractivity contribution in [3.63, 3.8) is 0 Å². The van der Waals surface area contributed by atoms with Gasteiger partial charge in [-0.05, 0) is 54.4 Å². The minimum atomic E-state index is -3.37. The van der Waals surface area contributed by atoms with E-state index in [2.05, 4.69) is 0 Å². The Morgan fingerprint density at radius 2 is 1.26 bits per heavy atom. The lowest BCUT2D eigenvalue weighted by atomic mass is 9.95. The van der Waals surface area contributed by atoms with Crippen LogP contribution in [0.15, 0.2) is 0 Å². The summed E-state index contributed by atoms with van der Waals surface area (Å²) in [6.07, 6.45) is 4.53. The second-order valence-corrected chi connectivity index (χ2v) is 9.82. The Bertz CT molecular complexity index is 329. The summed E-state index contributed by atoms with van der Waals surface area (Å²) in [5, 5.41) is -0.841. The van der Waals surface area contributed by atoms with Crippen LogP contribution in [0.1, 0.15) is 73.6 Å². The molecule has 0 heterocycles. The highest BCUT2D eigenvalue weighted by atomic mass is 31.2. The smallest absolute Gasteiger partial charge is 0.315 e. The molecule has 1 aliphatic carbocycles. The van der Waals surface area contributed by atoms with Crippen LogP contribution < -0.4 is 5.73 Å². The molecule has 0 aromatic carbocycles. The number of nitrogens with two attached hydrogens (primary N) is 1. The van der Waals surface area contributed by atoms with Gasteiger partial charge in [-0.25, -0.2) is 0 Å². The summed E-state index contributed by atoms with van der Waals surface area (Å²) in [5.74, 6) is 0. The molecule has 0 amide bonds. The van der Waals surface area contributed by atoms with Gasteiger partial charge >= 0.3 is 7.60 Å². The summed E-state index contributed by atoms with van der Waals surface area (Å²) in [7, 11) is -3.37. The van der Waals surface area contributed by atoms with Gasteiger partial charge in [0.1, 0.15) is 5.28 Å². The molecule has 1 rings (SSSR count). The highest BCUT2D eigenvalue weighted by Gasteiger charge is 2.52. The van der Waals surface area contributed by atoms with Crippen LogP contribution in [0, 0.1) is 0 Å². The van der Waals surface area contributed by atoms with Gasteiger partial charge in [-0.2, -0.15) is 0 Å². The molecule has 0 unspecified atom stereocenters. The third-order valence-corrected chi connectivity index (χ3v) is 6.17. The summed E-state index contributed by atoms with van der Waals surface area (Å²) in [4.78, 5) is 0. The van der Waals surface area contributed by atoms with Crippen LogP contribution in [0.2, 0.25) is 0 Å². The number of rotatable bonds is 3. The van der Waals surface area contributed by atoms with Gasteiger partial charge in [-0.3, -0.25) is 4.57 Å². The third kappa shape index (κ3) is 4.86. The monoisotopic (exact) mass is 291 g/mol. The SMILES string of the molecule is CC(C)(C)OP(=O)(OC(C)(C)C)C1(N)CCCCC1. The fraction of sp³-hybridized carbons (Fsp3) is 1.00. The average Bonchev–Trinajstić information content (AvgIpc) is 2.12. The largest absolute Gasteiger partial charge is 0.351 e. The van der Waals surface area contributed by atoms with Gasteiger partial charge in [0, 0.05) is 0 Å². The second kappa shape index (κ2) is 5.48. The van der Waals surface area contributed by atoms with E-state index in [1.54, 1.807) is 0 Å². The topological polar surface area (TPSA) is 61.5 Å². The van der Waals surface area contributed by atoms with Crippen molar-refractivity contribution < 1.29 is 13.6 Å². The van der Waals surface area contributed by atoms with Crippen LogP contribution in [0.5, 0.6) is 0 Å². The van der Waals surface area contributed by atoms with Crippen molar-refractivity contribution in [2.45, 2.75) is 90.1 Å². The summed E-state index contributed by atoms with van der Waals surface area (Å²) in [6, 6.07) is 0. The highest BCUT2D eigenvalue weighted by molar-refractivity contribution is 7.55. The van der Waals surface area contributed by atoms with Crippen LogP contribution in [0.4, 0.5) is 0 Å². The minimum absolute atomic E-state index is 0.537. The zero-order valence-electron chi connectivity index (χ0n) is 13.3. The van der Waals surface area contributed by atoms with Crippen LogP contribution in [-0.2, 0) is 13.6 Å². The molecular formula is C14H30NO3P. The summed E-state index contributed by atoms with van der Waals surface area (Å²) in [5.41, 5.74) is 5.36. The van der Waals surface area contributed by atoms with E-state index in [4.69, 9.17) is 14.8 Å². The molecule has 19 heavy (non-hydrogen) atoms. The first kappa shape index (κ1) is 17.2. The molecule has 0 bridgehead atoms. The molecule has 0 aliphatic heterocycles. The maximum Gasteiger partial charge on any atom is 0.351 e. The molecule has 0 aromatic rings. The molecule has 4 nitrogen and oxygen atoms in total. The molecule has 114 valence electrons. The van der Waals surface area contributed by atoms with E-state index in [-0.39, 0.29) is 0 Å². The van der Waals surface area contributed by atoms with Crippen molar-refractivity contribution in [3.05, 3.63) is 0 Å². The third-order valence-electron chi connectivity index (χ3n) is 3.05. The molecule has 1 fully saturated rings. The molecular weight excluding hydrogens is 261 g/mol. The van der Waals surface area contributed by atoms with E-state index < -0.39 is 24.1 Å². The lowest BCUT2D eigenvalue weighted by molar-refractivity contribution is 0.0345. The van der Waals surface area contributed by atoms with Gasteiger partial charge in [-0.15, -0.1) is 0 Å². The molecule has 0 atom stereocenters. The van der Waals surface area contributed by atoms with Gasteiger partial charge in [0.25, 0.3) is 0 Å². The molecule has 0 aromatic heterocycles. The standard InChI is InChI=1S/C14H30NO3P/c1-12(2,3)17-19(16,18-13(4,5)6)14(15)10-8-7-9-11-14/h7-11,15H2,1-6H3. The molecule has 0 radical (unpaired) electrons. The molecule has 2 N–H and O–H groups in total. The lowest BCUT2D eigenvalue weighted by Gasteiger charge is -2.43. The van der Waals surface area contributed by atoms with Crippen LogP contribution >= 0.6 is 7.60 Å². The Hall–Kier alpha value is 0.110. The van der Waals surface area contributed by atoms with E-state index >= 15 is 0 Å². The maximum atomic E-state index is 13.4. The van der Waals surface area contributed by atoms with Crippen molar-refractivity contribution in [1.82, 2.24) is 0 Å². The normalized spacial score (nSPS) is 21.4. The quantitative estimate of drug-likeness (QED) is 0.781. The van der Waals surface area contributed by atoms with Crippen LogP contribution in [-0.4, -0.2) is 16.5 Å². The average molecular weight is 291 g/mol. The number of hydrogen-bond acceptors (Lipinski definition) is 4. The zero-order chi connectivity index (χ0) is 14.9. The highest BCUT2D eigenvalue weighted by Crippen LogP contribution is 2.65. The van der Waals surface area contributed by atoms with E-state index in [1.807, 2.05) is 41.5 Å². The maximum absolute atomic E-state index is 13.4. The van der Waals surface area contributed by atoms with E-state index in [0.29, 0.717) is 12.8 Å². The Kier molecular flexibility index (Phi) is 4.95. The van der Waals surface area contributed by atoms with E-state index in [1.165, 1.54) is 0 Å². The fourth-order valence-corrected chi connectivity index (χ4v) is 5.07. The molecule has 1 aliphatic rings. The molecule has 0 spiro atoms. The van der Waals surface area contributed by atoms with E-state index in [9.17, 15) is 4.57 Å². The van der Waals surface area contributed by atoms with Crippen molar-refractivity contribution in [2.24, 2.45) is 5.73 Å². The van der Waals surface area contributed by atoms with Crippen LogP contribution in [0.25, 0.3) is 0 Å². The van der Waals surface area contributed by atoms with Crippen molar-refractivity contribution in [1.29, 1.82) is 0 Å². The summed E-state index contributed by atoms with van der Waals surface area (Å²) >= 11 is 0. The number of hydrogen-bond donors (Lipinski definition) is 1. The molecule has 1 saturated carbocycles. The first-order valence-electron chi connectivity index (χ1n) is 7.18. The second-order valence-electron chi connectivity index (χ2n) is 7.57. The summed E-state index contributed by atoms with van der Waals surface area (Å²) in [6.45, 7) is 11.3. The summed E-state index contributed by atoms with van der Waals surface area (Å²) < 4.78 is 25.1. The Balaban J connectivity index is 3.07.